The molecule has 0 atom stereocenters. The van der Waals surface area contributed by atoms with Crippen LogP contribution >= 0.6 is 0 Å². The lowest BCUT2D eigenvalue weighted by Crippen LogP contribution is -2.15. The van der Waals surface area contributed by atoms with Gasteiger partial charge in [0.1, 0.15) is 15.5 Å². The summed E-state index contributed by atoms with van der Waals surface area (Å²) in [5.74, 6) is -0.261. The Morgan fingerprint density at radius 1 is 1.40 bits per heavy atom. The van der Waals surface area contributed by atoms with Gasteiger partial charge in [-0.25, -0.2) is 13.1 Å². The predicted molar refractivity (Wildman–Crippen MR) is 76.2 cm³/mol. The number of aryl methyl sites for hydroxylation is 1. The fourth-order valence-corrected chi connectivity index (χ4v) is 2.26. The molecule has 1 aromatic rings. The van der Waals surface area contributed by atoms with E-state index >= 15 is 0 Å². The van der Waals surface area contributed by atoms with Gasteiger partial charge in [-0.2, -0.15) is 5.10 Å². The quantitative estimate of drug-likeness (QED) is 0.640. The summed E-state index contributed by atoms with van der Waals surface area (Å²) in [6.45, 7) is 5.81. The molecule has 2 N–H and O–H groups in total. The number of nitrogens with zero attached hydrogens (tertiary/aromatic N) is 3. The van der Waals surface area contributed by atoms with Crippen molar-refractivity contribution < 1.29 is 13.3 Å². The standard InChI is InChI=1S/C11H20N4O4S/c1-11(2,3)7-8-9(15(16)17)10(12)14(13-8)5-6-20(4,18)19/h5-7,12H2,1-4H3. The molecule has 0 aliphatic heterocycles. The van der Waals surface area contributed by atoms with Gasteiger partial charge in [-0.15, -0.1) is 0 Å². The molecule has 0 unspecified atom stereocenters. The van der Waals surface area contributed by atoms with E-state index in [4.69, 9.17) is 5.73 Å². The molecule has 9 heteroatoms. The summed E-state index contributed by atoms with van der Waals surface area (Å²) in [6.07, 6.45) is 1.48. The Balaban J connectivity index is 3.16. The van der Waals surface area contributed by atoms with Crippen molar-refractivity contribution in [2.24, 2.45) is 5.41 Å². The zero-order chi connectivity index (χ0) is 15.7. The zero-order valence-electron chi connectivity index (χ0n) is 12.1. The summed E-state index contributed by atoms with van der Waals surface area (Å²) in [4.78, 5) is 10.5. The largest absolute Gasteiger partial charge is 0.378 e. The first kappa shape index (κ1) is 16.4. The lowest BCUT2D eigenvalue weighted by atomic mass is 9.90. The third kappa shape index (κ3) is 4.48. The minimum Gasteiger partial charge on any atom is -0.378 e. The van der Waals surface area contributed by atoms with Crippen molar-refractivity contribution >= 4 is 21.3 Å². The predicted octanol–water partition coefficient (Wildman–Crippen LogP) is 1.01. The summed E-state index contributed by atoms with van der Waals surface area (Å²) < 4.78 is 23.5. The summed E-state index contributed by atoms with van der Waals surface area (Å²) in [5.41, 5.74) is 5.59. The monoisotopic (exact) mass is 304 g/mol. The van der Waals surface area contributed by atoms with E-state index in [0.29, 0.717) is 6.42 Å². The second-order valence-electron chi connectivity index (χ2n) is 6.03. The van der Waals surface area contributed by atoms with Gasteiger partial charge in [0.25, 0.3) is 0 Å². The molecule has 0 bridgehead atoms. The van der Waals surface area contributed by atoms with Crippen LogP contribution in [0.15, 0.2) is 0 Å². The first-order chi connectivity index (χ1) is 8.91. The van der Waals surface area contributed by atoms with Gasteiger partial charge in [0.2, 0.25) is 5.82 Å². The molecule has 0 aromatic carbocycles. The normalized spacial score (nSPS) is 12.6. The molecular formula is C11H20N4O4S. The van der Waals surface area contributed by atoms with Crippen LogP contribution in [0.2, 0.25) is 0 Å². The average molecular weight is 304 g/mol. The second-order valence-corrected chi connectivity index (χ2v) is 8.29. The van der Waals surface area contributed by atoms with Crippen LogP contribution in [-0.4, -0.2) is 35.1 Å². The Kier molecular flexibility index (Phi) is 4.42. The highest BCUT2D eigenvalue weighted by atomic mass is 32.2. The van der Waals surface area contributed by atoms with Crippen molar-refractivity contribution in [3.8, 4) is 0 Å². The third-order valence-electron chi connectivity index (χ3n) is 2.59. The maximum absolute atomic E-state index is 11.2. The Labute approximate surface area is 118 Å². The van der Waals surface area contributed by atoms with E-state index in [1.807, 2.05) is 20.8 Å². The summed E-state index contributed by atoms with van der Waals surface area (Å²) in [5, 5.41) is 15.2. The maximum atomic E-state index is 11.2. The molecule has 0 spiro atoms. The molecule has 114 valence electrons. The molecule has 0 amide bonds. The SMILES string of the molecule is CC(C)(C)Cc1nn(CCS(C)(=O)=O)c(N)c1[N+](=O)[O-]. The van der Waals surface area contributed by atoms with Crippen molar-refractivity contribution in [2.45, 2.75) is 33.7 Å². The molecular weight excluding hydrogens is 284 g/mol. The number of hydrogen-bond acceptors (Lipinski definition) is 6. The van der Waals surface area contributed by atoms with Gasteiger partial charge in [0.05, 0.1) is 17.2 Å². The number of nitro groups is 1. The molecule has 0 fully saturated rings. The van der Waals surface area contributed by atoms with Crippen LogP contribution in [0.1, 0.15) is 26.5 Å². The van der Waals surface area contributed by atoms with Gasteiger partial charge >= 0.3 is 5.69 Å². The molecule has 0 aliphatic rings. The number of nitrogens with two attached hydrogens (primary N) is 1. The molecule has 1 heterocycles. The number of nitrogen functional groups attached to an aromatic ring is 1. The van der Waals surface area contributed by atoms with Gasteiger partial charge in [-0.1, -0.05) is 20.8 Å². The molecule has 1 rings (SSSR count). The van der Waals surface area contributed by atoms with Crippen LogP contribution in [0.25, 0.3) is 0 Å². The number of anilines is 1. The van der Waals surface area contributed by atoms with Crippen molar-refractivity contribution in [3.63, 3.8) is 0 Å². The van der Waals surface area contributed by atoms with E-state index in [1.165, 1.54) is 4.68 Å². The number of rotatable bonds is 5. The summed E-state index contributed by atoms with van der Waals surface area (Å²) in [6, 6.07) is 0. The van der Waals surface area contributed by atoms with Crippen molar-refractivity contribution in [3.05, 3.63) is 15.8 Å². The Morgan fingerprint density at radius 2 is 1.95 bits per heavy atom. The fourth-order valence-electron chi connectivity index (χ4n) is 1.76. The Bertz CT molecular complexity index is 613. The van der Waals surface area contributed by atoms with E-state index in [2.05, 4.69) is 5.10 Å². The highest BCUT2D eigenvalue weighted by Gasteiger charge is 2.29. The van der Waals surface area contributed by atoms with Crippen molar-refractivity contribution in [1.82, 2.24) is 9.78 Å². The van der Waals surface area contributed by atoms with Crippen LogP contribution in [0, 0.1) is 15.5 Å². The molecule has 0 radical (unpaired) electrons. The van der Waals surface area contributed by atoms with Crippen LogP contribution in [-0.2, 0) is 22.8 Å². The van der Waals surface area contributed by atoms with Crippen LogP contribution in [0.3, 0.4) is 0 Å². The number of hydrogen-bond donors (Lipinski definition) is 1. The minimum absolute atomic E-state index is 0.00957. The maximum Gasteiger partial charge on any atom is 0.333 e. The fraction of sp³-hybridized carbons (Fsp3) is 0.727. The first-order valence-electron chi connectivity index (χ1n) is 6.08. The lowest BCUT2D eigenvalue weighted by Gasteiger charge is -2.15. The smallest absolute Gasteiger partial charge is 0.333 e. The first-order valence-corrected chi connectivity index (χ1v) is 8.14. The number of sulfone groups is 1. The zero-order valence-corrected chi connectivity index (χ0v) is 12.9. The van der Waals surface area contributed by atoms with Crippen LogP contribution in [0.5, 0.6) is 0 Å². The highest BCUT2D eigenvalue weighted by Crippen LogP contribution is 2.31. The summed E-state index contributed by atoms with van der Waals surface area (Å²) >= 11 is 0. The van der Waals surface area contributed by atoms with Crippen LogP contribution < -0.4 is 5.73 Å². The Morgan fingerprint density at radius 3 is 2.35 bits per heavy atom. The second kappa shape index (κ2) is 5.39. The molecule has 1 aromatic heterocycles. The van der Waals surface area contributed by atoms with E-state index in [1.54, 1.807) is 0 Å². The molecule has 0 saturated heterocycles. The van der Waals surface area contributed by atoms with E-state index in [0.717, 1.165) is 6.26 Å². The summed E-state index contributed by atoms with van der Waals surface area (Å²) in [7, 11) is -3.18. The van der Waals surface area contributed by atoms with Gasteiger partial charge in [-0.3, -0.25) is 10.1 Å². The molecule has 0 saturated carbocycles. The van der Waals surface area contributed by atoms with E-state index < -0.39 is 14.8 Å². The average Bonchev–Trinajstić information content (AvgIpc) is 2.48. The minimum atomic E-state index is -3.18. The van der Waals surface area contributed by atoms with Gasteiger partial charge in [0.15, 0.2) is 0 Å². The van der Waals surface area contributed by atoms with E-state index in [-0.39, 0.29) is 34.9 Å². The van der Waals surface area contributed by atoms with Crippen molar-refractivity contribution in [1.29, 1.82) is 0 Å². The van der Waals surface area contributed by atoms with Gasteiger partial charge < -0.3 is 5.73 Å². The molecule has 0 aliphatic carbocycles. The Hall–Kier alpha value is -1.64. The van der Waals surface area contributed by atoms with Gasteiger partial charge in [-0.05, 0) is 5.41 Å². The molecule has 20 heavy (non-hydrogen) atoms. The van der Waals surface area contributed by atoms with Gasteiger partial charge in [0, 0.05) is 12.7 Å². The lowest BCUT2D eigenvalue weighted by molar-refractivity contribution is -0.384. The molecule has 8 nitrogen and oxygen atoms in total. The number of aromatic nitrogens is 2. The third-order valence-corrected chi connectivity index (χ3v) is 3.51. The highest BCUT2D eigenvalue weighted by molar-refractivity contribution is 7.90. The topological polar surface area (TPSA) is 121 Å². The van der Waals surface area contributed by atoms with Crippen molar-refractivity contribution in [2.75, 3.05) is 17.7 Å². The van der Waals surface area contributed by atoms with E-state index in [9.17, 15) is 18.5 Å². The van der Waals surface area contributed by atoms with Crippen LogP contribution in [0.4, 0.5) is 11.5 Å².